The van der Waals surface area contributed by atoms with Crippen LogP contribution in [0.1, 0.15) is 54.6 Å². The van der Waals surface area contributed by atoms with Crippen molar-refractivity contribution >= 4 is 16.7 Å². The molecular formula is C20H25F3N2O. The van der Waals surface area contributed by atoms with E-state index in [1.807, 2.05) is 6.07 Å². The molecule has 1 atom stereocenters. The number of aromatic nitrogens is 1. The maximum atomic E-state index is 12.9. The molecule has 1 heterocycles. The van der Waals surface area contributed by atoms with Crippen molar-refractivity contribution in [1.29, 1.82) is 0 Å². The van der Waals surface area contributed by atoms with Crippen molar-refractivity contribution in [3.8, 4) is 0 Å². The number of nitrogens with one attached hydrogen (secondary N) is 1. The molecule has 1 aromatic carbocycles. The number of hydrogen-bond donors (Lipinski definition) is 1. The van der Waals surface area contributed by atoms with Crippen molar-refractivity contribution in [1.82, 2.24) is 9.88 Å². The predicted octanol–water partition coefficient (Wildman–Crippen LogP) is 4.89. The third-order valence-corrected chi connectivity index (χ3v) is 5.27. The first kappa shape index (κ1) is 19.0. The second-order valence-corrected chi connectivity index (χ2v) is 7.09. The number of hydrogen-bond acceptors (Lipinski definition) is 2. The minimum atomic E-state index is -4.85. The minimum Gasteiger partial charge on any atom is -0.360 e. The zero-order valence-electron chi connectivity index (χ0n) is 15.2. The summed E-state index contributed by atoms with van der Waals surface area (Å²) >= 11 is 0. The Morgan fingerprint density at radius 2 is 1.92 bits per heavy atom. The molecule has 1 aliphatic carbocycles. The monoisotopic (exact) mass is 366 g/mol. The van der Waals surface area contributed by atoms with Gasteiger partial charge in [-0.1, -0.05) is 19.9 Å². The van der Waals surface area contributed by atoms with Crippen LogP contribution in [0.25, 0.3) is 10.9 Å². The standard InChI is InChI=1S/C20H25F3N2O/c1-3-9-25(10-4-2)14-6-7-15-13(11-14)5-8-17-18(15)16(12-24-17)19(26)20(21,22)23/h5,8,12,14,24H,3-4,6-7,9-11H2,1-2H3. The van der Waals surface area contributed by atoms with Crippen LogP contribution < -0.4 is 0 Å². The van der Waals surface area contributed by atoms with Gasteiger partial charge in [-0.3, -0.25) is 4.79 Å². The summed E-state index contributed by atoms with van der Waals surface area (Å²) in [5, 5.41) is 0.459. The number of alkyl halides is 3. The summed E-state index contributed by atoms with van der Waals surface area (Å²) in [6.45, 7) is 6.41. The summed E-state index contributed by atoms with van der Waals surface area (Å²) in [5.41, 5.74) is 2.33. The summed E-state index contributed by atoms with van der Waals surface area (Å²) in [6, 6.07) is 4.21. The van der Waals surface area contributed by atoms with Crippen LogP contribution >= 0.6 is 0 Å². The van der Waals surface area contributed by atoms with E-state index in [1.165, 1.54) is 6.20 Å². The summed E-state index contributed by atoms with van der Waals surface area (Å²) < 4.78 is 38.8. The lowest BCUT2D eigenvalue weighted by molar-refractivity contribution is -0.0884. The zero-order valence-corrected chi connectivity index (χ0v) is 15.2. The highest BCUT2D eigenvalue weighted by Gasteiger charge is 2.41. The second-order valence-electron chi connectivity index (χ2n) is 7.09. The lowest BCUT2D eigenvalue weighted by atomic mass is 9.84. The van der Waals surface area contributed by atoms with Gasteiger partial charge in [0.05, 0.1) is 5.56 Å². The summed E-state index contributed by atoms with van der Waals surface area (Å²) in [7, 11) is 0. The maximum absolute atomic E-state index is 12.9. The molecule has 2 aromatic rings. The van der Waals surface area contributed by atoms with Crippen LogP contribution in [-0.2, 0) is 12.8 Å². The molecule has 0 saturated carbocycles. The molecule has 0 aliphatic heterocycles. The van der Waals surface area contributed by atoms with Crippen LogP contribution in [0.3, 0.4) is 0 Å². The molecular weight excluding hydrogens is 341 g/mol. The number of aromatic amines is 1. The van der Waals surface area contributed by atoms with Gasteiger partial charge in [0.25, 0.3) is 5.78 Å². The molecule has 1 aromatic heterocycles. The highest BCUT2D eigenvalue weighted by Crippen LogP contribution is 2.35. The molecule has 0 radical (unpaired) electrons. The molecule has 0 amide bonds. The van der Waals surface area contributed by atoms with Gasteiger partial charge in [-0.05, 0) is 62.4 Å². The van der Waals surface area contributed by atoms with Crippen LogP contribution in [0.4, 0.5) is 13.2 Å². The van der Waals surface area contributed by atoms with Gasteiger partial charge in [0.1, 0.15) is 0 Å². The number of H-pyrrole nitrogens is 1. The van der Waals surface area contributed by atoms with Crippen molar-refractivity contribution in [2.75, 3.05) is 13.1 Å². The molecule has 0 spiro atoms. The van der Waals surface area contributed by atoms with E-state index in [0.717, 1.165) is 49.9 Å². The number of aryl methyl sites for hydroxylation is 1. The number of rotatable bonds is 6. The van der Waals surface area contributed by atoms with Crippen molar-refractivity contribution in [2.45, 2.75) is 58.2 Å². The van der Waals surface area contributed by atoms with Gasteiger partial charge in [0, 0.05) is 23.1 Å². The third-order valence-electron chi connectivity index (χ3n) is 5.27. The van der Waals surface area contributed by atoms with E-state index in [2.05, 4.69) is 23.7 Å². The smallest absolute Gasteiger partial charge is 0.360 e. The summed E-state index contributed by atoms with van der Waals surface area (Å²) in [5.74, 6) is -1.77. The summed E-state index contributed by atoms with van der Waals surface area (Å²) in [4.78, 5) is 17.1. The number of benzene rings is 1. The lowest BCUT2D eigenvalue weighted by Crippen LogP contribution is -2.40. The number of Topliss-reactive ketones (excluding diaryl/α,β-unsaturated/α-hetero) is 1. The van der Waals surface area contributed by atoms with E-state index in [4.69, 9.17) is 0 Å². The molecule has 1 aliphatic rings. The fraction of sp³-hybridized carbons (Fsp3) is 0.550. The third kappa shape index (κ3) is 3.52. The SMILES string of the molecule is CCCN(CCC)C1CCc2c(ccc3[nH]cc(C(=O)C(F)(F)F)c23)C1. The van der Waals surface area contributed by atoms with Gasteiger partial charge < -0.3 is 9.88 Å². The van der Waals surface area contributed by atoms with Crippen molar-refractivity contribution in [3.63, 3.8) is 0 Å². The van der Waals surface area contributed by atoms with Crippen LogP contribution in [0.2, 0.25) is 0 Å². The molecule has 26 heavy (non-hydrogen) atoms. The molecule has 3 rings (SSSR count). The number of ketones is 1. The molecule has 142 valence electrons. The number of carbonyl (C=O) groups is 1. The van der Waals surface area contributed by atoms with Crippen LogP contribution in [0, 0.1) is 0 Å². The fourth-order valence-corrected chi connectivity index (χ4v) is 4.18. The predicted molar refractivity (Wildman–Crippen MR) is 96.7 cm³/mol. The normalized spacial score (nSPS) is 17.7. The molecule has 0 fully saturated rings. The minimum absolute atomic E-state index is 0.248. The number of nitrogens with zero attached hydrogens (tertiary/aromatic N) is 1. The van der Waals surface area contributed by atoms with Gasteiger partial charge in [-0.25, -0.2) is 0 Å². The van der Waals surface area contributed by atoms with E-state index in [9.17, 15) is 18.0 Å². The van der Waals surface area contributed by atoms with Crippen molar-refractivity contribution in [3.05, 3.63) is 35.0 Å². The number of fused-ring (bicyclic) bond motifs is 3. The molecule has 1 N–H and O–H groups in total. The van der Waals surface area contributed by atoms with Gasteiger partial charge in [-0.15, -0.1) is 0 Å². The van der Waals surface area contributed by atoms with Gasteiger partial charge in [0.15, 0.2) is 0 Å². The Hall–Kier alpha value is -1.82. The quantitative estimate of drug-likeness (QED) is 0.739. The van der Waals surface area contributed by atoms with Crippen LogP contribution in [-0.4, -0.2) is 41.0 Å². The Kier molecular flexibility index (Phi) is 5.42. The Bertz CT molecular complexity index is 788. The van der Waals surface area contributed by atoms with Gasteiger partial charge >= 0.3 is 6.18 Å². The highest BCUT2D eigenvalue weighted by atomic mass is 19.4. The molecule has 3 nitrogen and oxygen atoms in total. The molecule has 6 heteroatoms. The Morgan fingerprint density at radius 1 is 1.23 bits per heavy atom. The molecule has 0 saturated heterocycles. The fourth-order valence-electron chi connectivity index (χ4n) is 4.18. The average Bonchev–Trinajstić information content (AvgIpc) is 3.04. The number of carbonyl (C=O) groups excluding carboxylic acids is 1. The second kappa shape index (κ2) is 7.43. The average molecular weight is 366 g/mol. The topological polar surface area (TPSA) is 36.1 Å². The summed E-state index contributed by atoms with van der Waals surface area (Å²) in [6.07, 6.45) is 0.973. The first-order valence-electron chi connectivity index (χ1n) is 9.34. The number of halogens is 3. The van der Waals surface area contributed by atoms with E-state index < -0.39 is 12.0 Å². The first-order chi connectivity index (χ1) is 12.4. The maximum Gasteiger partial charge on any atom is 0.454 e. The van der Waals surface area contributed by atoms with Crippen molar-refractivity contribution < 1.29 is 18.0 Å². The zero-order chi connectivity index (χ0) is 18.9. The molecule has 1 unspecified atom stereocenters. The molecule has 0 bridgehead atoms. The van der Waals surface area contributed by atoms with Gasteiger partial charge in [0.2, 0.25) is 0 Å². The Morgan fingerprint density at radius 3 is 2.54 bits per heavy atom. The van der Waals surface area contributed by atoms with E-state index in [-0.39, 0.29) is 5.56 Å². The Balaban J connectivity index is 1.97. The van der Waals surface area contributed by atoms with Gasteiger partial charge in [-0.2, -0.15) is 13.2 Å². The van der Waals surface area contributed by atoms with E-state index in [0.29, 0.717) is 23.4 Å². The highest BCUT2D eigenvalue weighted by molar-refractivity contribution is 6.11. The largest absolute Gasteiger partial charge is 0.454 e. The lowest BCUT2D eigenvalue weighted by Gasteiger charge is -2.35. The van der Waals surface area contributed by atoms with Crippen molar-refractivity contribution in [2.24, 2.45) is 0 Å². The van der Waals surface area contributed by atoms with E-state index in [1.54, 1.807) is 6.07 Å². The van der Waals surface area contributed by atoms with Crippen LogP contribution in [0.15, 0.2) is 18.3 Å². The first-order valence-corrected chi connectivity index (χ1v) is 9.34. The van der Waals surface area contributed by atoms with E-state index >= 15 is 0 Å². The van der Waals surface area contributed by atoms with Crippen LogP contribution in [0.5, 0.6) is 0 Å². The Labute approximate surface area is 151 Å².